The lowest BCUT2D eigenvalue weighted by molar-refractivity contribution is 0.242. The molecule has 0 unspecified atom stereocenters. The van der Waals surface area contributed by atoms with Gasteiger partial charge in [-0.05, 0) is 77.4 Å². The number of hydrogen-bond donors (Lipinski definition) is 0. The van der Waals surface area contributed by atoms with Crippen molar-refractivity contribution in [2.24, 2.45) is 0 Å². The van der Waals surface area contributed by atoms with Gasteiger partial charge in [0.2, 0.25) is 0 Å². The van der Waals surface area contributed by atoms with Crippen molar-refractivity contribution >= 4 is 0 Å². The molecule has 0 radical (unpaired) electrons. The molecule has 0 N–H and O–H groups in total. The molecule has 4 heteroatoms. The monoisotopic (exact) mass is 355 g/mol. The van der Waals surface area contributed by atoms with Crippen LogP contribution in [0.3, 0.4) is 0 Å². The lowest BCUT2D eigenvalue weighted by Crippen LogP contribution is -2.19. The molecule has 0 atom stereocenters. The van der Waals surface area contributed by atoms with E-state index in [0.29, 0.717) is 6.04 Å². The second-order valence-electron chi connectivity index (χ2n) is 7.85. The topological polar surface area (TPSA) is 30.3 Å². The Bertz CT molecular complexity index is 686. The summed E-state index contributed by atoms with van der Waals surface area (Å²) in [5.41, 5.74) is 3.63. The number of ether oxygens (including phenoxy) is 1. The van der Waals surface area contributed by atoms with E-state index in [1.54, 1.807) is 0 Å². The van der Waals surface area contributed by atoms with E-state index in [9.17, 15) is 0 Å². The van der Waals surface area contributed by atoms with E-state index in [2.05, 4.69) is 67.9 Å². The zero-order valence-electron chi connectivity index (χ0n) is 16.7. The van der Waals surface area contributed by atoms with Crippen molar-refractivity contribution in [3.63, 3.8) is 0 Å². The quantitative estimate of drug-likeness (QED) is 0.612. The molecule has 142 valence electrons. The second-order valence-corrected chi connectivity index (χ2v) is 7.85. The van der Waals surface area contributed by atoms with E-state index in [-0.39, 0.29) is 6.10 Å². The molecular formula is C22H33N3O. The summed E-state index contributed by atoms with van der Waals surface area (Å²) in [6, 6.07) is 8.98. The first-order valence-corrected chi connectivity index (χ1v) is 10.1. The predicted octanol–water partition coefficient (Wildman–Crippen LogP) is 5.29. The van der Waals surface area contributed by atoms with Crippen LogP contribution in [0.5, 0.6) is 5.75 Å². The average molecular weight is 356 g/mol. The van der Waals surface area contributed by atoms with Gasteiger partial charge in [0.25, 0.3) is 0 Å². The van der Waals surface area contributed by atoms with Crippen molar-refractivity contribution in [1.29, 1.82) is 0 Å². The van der Waals surface area contributed by atoms with Crippen molar-refractivity contribution in [2.45, 2.75) is 71.6 Å². The molecule has 1 fully saturated rings. The summed E-state index contributed by atoms with van der Waals surface area (Å²) in [7, 11) is 2.21. The molecule has 0 amide bonds. The van der Waals surface area contributed by atoms with Gasteiger partial charge in [-0.3, -0.25) is 4.68 Å². The summed E-state index contributed by atoms with van der Waals surface area (Å²) in [5.74, 6) is 0.920. The van der Waals surface area contributed by atoms with Gasteiger partial charge in [-0.2, -0.15) is 5.10 Å². The molecule has 4 nitrogen and oxygen atoms in total. The molecule has 1 heterocycles. The third kappa shape index (κ3) is 4.67. The van der Waals surface area contributed by atoms with Gasteiger partial charge in [-0.25, -0.2) is 0 Å². The molecule has 1 aliphatic rings. The van der Waals surface area contributed by atoms with Gasteiger partial charge >= 0.3 is 0 Å². The summed E-state index contributed by atoms with van der Waals surface area (Å²) in [6.45, 7) is 8.43. The molecule has 1 aromatic heterocycles. The van der Waals surface area contributed by atoms with E-state index < -0.39 is 0 Å². The Morgan fingerprint density at radius 1 is 1.23 bits per heavy atom. The molecule has 0 aliphatic heterocycles. The van der Waals surface area contributed by atoms with E-state index in [4.69, 9.17) is 9.84 Å². The van der Waals surface area contributed by atoms with Crippen LogP contribution in [0, 0.1) is 0 Å². The molecule has 0 bridgehead atoms. The van der Waals surface area contributed by atoms with Crippen molar-refractivity contribution in [1.82, 2.24) is 14.7 Å². The smallest absolute Gasteiger partial charge is 0.119 e. The molecule has 3 rings (SSSR count). The van der Waals surface area contributed by atoms with Crippen molar-refractivity contribution < 1.29 is 4.74 Å². The minimum Gasteiger partial charge on any atom is -0.491 e. The first-order valence-electron chi connectivity index (χ1n) is 10.1. The minimum absolute atomic E-state index is 0.196. The van der Waals surface area contributed by atoms with Crippen LogP contribution in [0.4, 0.5) is 0 Å². The number of unbranched alkanes of at least 4 members (excludes halogenated alkanes) is 1. The molecular weight excluding hydrogens is 322 g/mol. The van der Waals surface area contributed by atoms with Crippen LogP contribution in [-0.4, -0.2) is 34.4 Å². The number of rotatable bonds is 9. The fourth-order valence-electron chi connectivity index (χ4n) is 3.39. The minimum atomic E-state index is 0.196. The van der Waals surface area contributed by atoms with Gasteiger partial charge in [-0.1, -0.05) is 13.3 Å². The number of nitrogens with zero attached hydrogens (tertiary/aromatic N) is 3. The number of hydrogen-bond acceptors (Lipinski definition) is 3. The summed E-state index contributed by atoms with van der Waals surface area (Å²) >= 11 is 0. The highest BCUT2D eigenvalue weighted by Crippen LogP contribution is 2.34. The SMILES string of the molecule is CCCCN(C)Cc1cn(C2CCC2)nc1-c1ccc(OC(C)C)cc1. The van der Waals surface area contributed by atoms with E-state index in [1.807, 2.05) is 0 Å². The fourth-order valence-corrected chi connectivity index (χ4v) is 3.39. The summed E-state index contributed by atoms with van der Waals surface area (Å²) in [4.78, 5) is 2.41. The van der Waals surface area contributed by atoms with Crippen LogP contribution in [-0.2, 0) is 6.54 Å². The van der Waals surface area contributed by atoms with Gasteiger partial charge in [0.05, 0.1) is 17.8 Å². The molecule has 0 spiro atoms. The van der Waals surface area contributed by atoms with Gasteiger partial charge < -0.3 is 9.64 Å². The molecule has 1 aromatic carbocycles. The van der Waals surface area contributed by atoms with Crippen LogP contribution < -0.4 is 4.74 Å². The van der Waals surface area contributed by atoms with Crippen LogP contribution in [0.2, 0.25) is 0 Å². The first-order chi connectivity index (χ1) is 12.6. The van der Waals surface area contributed by atoms with E-state index in [0.717, 1.165) is 24.5 Å². The Balaban J connectivity index is 1.82. The van der Waals surface area contributed by atoms with Gasteiger partial charge in [0, 0.05) is 23.9 Å². The lowest BCUT2D eigenvalue weighted by Gasteiger charge is -2.25. The normalized spacial score (nSPS) is 14.8. The molecule has 0 saturated heterocycles. The highest BCUT2D eigenvalue weighted by molar-refractivity contribution is 5.63. The van der Waals surface area contributed by atoms with Crippen LogP contribution in [0.15, 0.2) is 30.5 Å². The predicted molar refractivity (Wildman–Crippen MR) is 108 cm³/mol. The van der Waals surface area contributed by atoms with Gasteiger partial charge in [0.1, 0.15) is 5.75 Å². The third-order valence-corrected chi connectivity index (χ3v) is 5.09. The maximum absolute atomic E-state index is 5.78. The Kier molecular flexibility index (Phi) is 6.36. The second kappa shape index (κ2) is 8.72. The summed E-state index contributed by atoms with van der Waals surface area (Å²) in [5, 5.41) is 4.98. The average Bonchev–Trinajstić information content (AvgIpc) is 2.94. The largest absolute Gasteiger partial charge is 0.491 e. The van der Waals surface area contributed by atoms with Crippen molar-refractivity contribution in [2.75, 3.05) is 13.6 Å². The van der Waals surface area contributed by atoms with Crippen LogP contribution in [0.1, 0.15) is 64.5 Å². The Labute approximate surface area is 158 Å². The zero-order chi connectivity index (χ0) is 18.5. The van der Waals surface area contributed by atoms with Gasteiger partial charge in [-0.15, -0.1) is 0 Å². The Hall–Kier alpha value is -1.81. The molecule has 1 saturated carbocycles. The number of aromatic nitrogens is 2. The maximum Gasteiger partial charge on any atom is 0.119 e. The maximum atomic E-state index is 5.78. The summed E-state index contributed by atoms with van der Waals surface area (Å²) < 4.78 is 7.99. The molecule has 26 heavy (non-hydrogen) atoms. The number of benzene rings is 1. The van der Waals surface area contributed by atoms with Crippen LogP contribution in [0.25, 0.3) is 11.3 Å². The fraction of sp³-hybridized carbons (Fsp3) is 0.591. The molecule has 1 aliphatic carbocycles. The highest BCUT2D eigenvalue weighted by Gasteiger charge is 2.23. The van der Waals surface area contributed by atoms with E-state index in [1.165, 1.54) is 43.2 Å². The van der Waals surface area contributed by atoms with Crippen molar-refractivity contribution in [3.8, 4) is 17.0 Å². The molecule has 2 aromatic rings. The summed E-state index contributed by atoms with van der Waals surface area (Å²) in [6.07, 6.45) is 8.79. The lowest BCUT2D eigenvalue weighted by atomic mass is 9.93. The first kappa shape index (κ1) is 19.0. The third-order valence-electron chi connectivity index (χ3n) is 5.09. The van der Waals surface area contributed by atoms with E-state index >= 15 is 0 Å². The van der Waals surface area contributed by atoms with Crippen LogP contribution >= 0.6 is 0 Å². The zero-order valence-corrected chi connectivity index (χ0v) is 16.7. The Morgan fingerprint density at radius 3 is 2.54 bits per heavy atom. The highest BCUT2D eigenvalue weighted by atomic mass is 16.5. The van der Waals surface area contributed by atoms with Gasteiger partial charge in [0.15, 0.2) is 0 Å². The van der Waals surface area contributed by atoms with Crippen molar-refractivity contribution in [3.05, 3.63) is 36.0 Å². The Morgan fingerprint density at radius 2 is 1.96 bits per heavy atom. The standard InChI is InChI=1S/C22H33N3O/c1-5-6-14-24(4)15-19-16-25(20-8-7-9-20)23-22(19)18-10-12-21(13-11-18)26-17(2)3/h10-13,16-17,20H,5-9,14-15H2,1-4H3.